The van der Waals surface area contributed by atoms with Crippen molar-refractivity contribution in [3.8, 4) is 0 Å². The summed E-state index contributed by atoms with van der Waals surface area (Å²) in [7, 11) is 3.31. The molecule has 74 valence electrons. The molecule has 0 atom stereocenters. The average molecular weight is 175 g/mol. The molecule has 0 unspecified atom stereocenters. The molecule has 0 saturated heterocycles. The molecule has 0 rings (SSSR count). The number of ether oxygens (including phenoxy) is 2. The van der Waals surface area contributed by atoms with Crippen molar-refractivity contribution < 1.29 is 9.47 Å². The SMILES string of the molecule is CCC(CC)NCC(OC)OC. The predicted octanol–water partition coefficient (Wildman–Crippen LogP) is 1.38. The number of hydrogen-bond donors (Lipinski definition) is 1. The van der Waals surface area contributed by atoms with E-state index in [1.807, 2.05) is 0 Å². The number of rotatable bonds is 7. The lowest BCUT2D eigenvalue weighted by Gasteiger charge is -2.19. The maximum absolute atomic E-state index is 5.05. The Morgan fingerprint density at radius 3 is 1.92 bits per heavy atom. The molecule has 0 bridgehead atoms. The van der Waals surface area contributed by atoms with Crippen LogP contribution in [-0.2, 0) is 9.47 Å². The third kappa shape index (κ3) is 4.70. The first-order valence-electron chi connectivity index (χ1n) is 4.57. The smallest absolute Gasteiger partial charge is 0.169 e. The third-order valence-corrected chi connectivity index (χ3v) is 2.08. The Balaban J connectivity index is 3.49. The van der Waals surface area contributed by atoms with Gasteiger partial charge in [0, 0.05) is 26.8 Å². The summed E-state index contributed by atoms with van der Waals surface area (Å²) in [4.78, 5) is 0. The summed E-state index contributed by atoms with van der Waals surface area (Å²) in [6.07, 6.45) is 2.18. The van der Waals surface area contributed by atoms with Crippen molar-refractivity contribution in [2.75, 3.05) is 20.8 Å². The standard InChI is InChI=1S/C9H21NO2/c1-5-8(6-2)10-7-9(11-3)12-4/h8-10H,5-7H2,1-4H3. The second-order valence-electron chi connectivity index (χ2n) is 2.82. The van der Waals surface area contributed by atoms with Crippen molar-refractivity contribution in [1.29, 1.82) is 0 Å². The van der Waals surface area contributed by atoms with Crippen molar-refractivity contribution >= 4 is 0 Å². The second kappa shape index (κ2) is 7.53. The zero-order chi connectivity index (χ0) is 9.40. The van der Waals surface area contributed by atoms with E-state index in [2.05, 4.69) is 19.2 Å². The largest absolute Gasteiger partial charge is 0.355 e. The molecule has 0 amide bonds. The highest BCUT2D eigenvalue weighted by Crippen LogP contribution is 1.97. The molecule has 12 heavy (non-hydrogen) atoms. The topological polar surface area (TPSA) is 30.5 Å². The van der Waals surface area contributed by atoms with Crippen LogP contribution in [0.1, 0.15) is 26.7 Å². The van der Waals surface area contributed by atoms with Crippen LogP contribution in [0.3, 0.4) is 0 Å². The zero-order valence-corrected chi connectivity index (χ0v) is 8.59. The van der Waals surface area contributed by atoms with E-state index in [-0.39, 0.29) is 6.29 Å². The van der Waals surface area contributed by atoms with Crippen LogP contribution in [-0.4, -0.2) is 33.1 Å². The van der Waals surface area contributed by atoms with Gasteiger partial charge in [0.05, 0.1) is 0 Å². The first-order valence-corrected chi connectivity index (χ1v) is 4.57. The first kappa shape index (κ1) is 11.9. The monoisotopic (exact) mass is 175 g/mol. The van der Waals surface area contributed by atoms with E-state index in [1.165, 1.54) is 0 Å². The quantitative estimate of drug-likeness (QED) is 0.593. The fourth-order valence-electron chi connectivity index (χ4n) is 1.10. The highest BCUT2D eigenvalue weighted by Gasteiger charge is 2.07. The van der Waals surface area contributed by atoms with E-state index in [4.69, 9.17) is 9.47 Å². The summed E-state index contributed by atoms with van der Waals surface area (Å²) in [5.41, 5.74) is 0. The first-order chi connectivity index (χ1) is 5.78. The van der Waals surface area contributed by atoms with Crippen molar-refractivity contribution in [2.24, 2.45) is 0 Å². The maximum atomic E-state index is 5.05. The van der Waals surface area contributed by atoms with Gasteiger partial charge in [-0.05, 0) is 12.8 Å². The van der Waals surface area contributed by atoms with Gasteiger partial charge < -0.3 is 14.8 Å². The fraction of sp³-hybridized carbons (Fsp3) is 1.00. The lowest BCUT2D eigenvalue weighted by Crippen LogP contribution is -2.36. The van der Waals surface area contributed by atoms with Gasteiger partial charge in [-0.3, -0.25) is 0 Å². The zero-order valence-electron chi connectivity index (χ0n) is 8.59. The van der Waals surface area contributed by atoms with Crippen LogP contribution in [0.5, 0.6) is 0 Å². The van der Waals surface area contributed by atoms with E-state index in [0.29, 0.717) is 6.04 Å². The van der Waals surface area contributed by atoms with Crippen LogP contribution in [0.25, 0.3) is 0 Å². The van der Waals surface area contributed by atoms with Crippen LogP contribution < -0.4 is 5.32 Å². The third-order valence-electron chi connectivity index (χ3n) is 2.08. The highest BCUT2D eigenvalue weighted by molar-refractivity contribution is 4.62. The molecule has 0 aromatic carbocycles. The molecule has 0 fully saturated rings. The minimum absolute atomic E-state index is 0.120. The molecule has 0 spiro atoms. The molecule has 0 heterocycles. The maximum Gasteiger partial charge on any atom is 0.169 e. The van der Waals surface area contributed by atoms with E-state index in [9.17, 15) is 0 Å². The van der Waals surface area contributed by atoms with Gasteiger partial charge >= 0.3 is 0 Å². The molecule has 1 N–H and O–H groups in total. The van der Waals surface area contributed by atoms with Crippen LogP contribution in [0.15, 0.2) is 0 Å². The highest BCUT2D eigenvalue weighted by atomic mass is 16.7. The molecule has 0 aromatic heterocycles. The van der Waals surface area contributed by atoms with Crippen molar-refractivity contribution in [1.82, 2.24) is 5.32 Å². The van der Waals surface area contributed by atoms with E-state index in [0.717, 1.165) is 19.4 Å². The second-order valence-corrected chi connectivity index (χ2v) is 2.82. The summed E-state index contributed by atoms with van der Waals surface area (Å²) in [6.45, 7) is 5.12. The van der Waals surface area contributed by atoms with Gasteiger partial charge in [0.15, 0.2) is 6.29 Å². The van der Waals surface area contributed by atoms with Crippen molar-refractivity contribution in [3.05, 3.63) is 0 Å². The van der Waals surface area contributed by atoms with Gasteiger partial charge in [-0.25, -0.2) is 0 Å². The summed E-state index contributed by atoms with van der Waals surface area (Å²) in [6, 6.07) is 0.581. The van der Waals surface area contributed by atoms with Gasteiger partial charge in [-0.2, -0.15) is 0 Å². The molecular formula is C9H21NO2. The number of hydrogen-bond acceptors (Lipinski definition) is 3. The van der Waals surface area contributed by atoms with E-state index in [1.54, 1.807) is 14.2 Å². The van der Waals surface area contributed by atoms with E-state index < -0.39 is 0 Å². The average Bonchev–Trinajstić information content (AvgIpc) is 2.13. The van der Waals surface area contributed by atoms with Crippen molar-refractivity contribution in [3.63, 3.8) is 0 Å². The van der Waals surface area contributed by atoms with Crippen LogP contribution in [0, 0.1) is 0 Å². The molecule has 0 aliphatic heterocycles. The molecule has 0 radical (unpaired) electrons. The van der Waals surface area contributed by atoms with Gasteiger partial charge in [0.25, 0.3) is 0 Å². The van der Waals surface area contributed by atoms with Gasteiger partial charge in [0.2, 0.25) is 0 Å². The van der Waals surface area contributed by atoms with Gasteiger partial charge in [-0.1, -0.05) is 13.8 Å². The van der Waals surface area contributed by atoms with Crippen LogP contribution >= 0.6 is 0 Å². The summed E-state index contributed by atoms with van der Waals surface area (Å²) < 4.78 is 10.1. The Hall–Kier alpha value is -0.120. The van der Waals surface area contributed by atoms with Crippen LogP contribution in [0.2, 0.25) is 0 Å². The summed E-state index contributed by atoms with van der Waals surface area (Å²) in [5.74, 6) is 0. The lowest BCUT2D eigenvalue weighted by atomic mass is 10.2. The minimum Gasteiger partial charge on any atom is -0.355 e. The summed E-state index contributed by atoms with van der Waals surface area (Å²) in [5, 5.41) is 3.37. The Labute approximate surface area is 75.4 Å². The predicted molar refractivity (Wildman–Crippen MR) is 50.2 cm³/mol. The Morgan fingerprint density at radius 2 is 1.58 bits per heavy atom. The Bertz CT molecular complexity index is 78.5. The van der Waals surface area contributed by atoms with Gasteiger partial charge in [0.1, 0.15) is 0 Å². The Kier molecular flexibility index (Phi) is 7.45. The van der Waals surface area contributed by atoms with Gasteiger partial charge in [-0.15, -0.1) is 0 Å². The summed E-state index contributed by atoms with van der Waals surface area (Å²) >= 11 is 0. The fourth-order valence-corrected chi connectivity index (χ4v) is 1.10. The molecule has 0 aromatic rings. The Morgan fingerprint density at radius 1 is 1.08 bits per heavy atom. The molecule has 0 saturated carbocycles. The lowest BCUT2D eigenvalue weighted by molar-refractivity contribution is -0.0999. The molecule has 3 heteroatoms. The van der Waals surface area contributed by atoms with Crippen molar-refractivity contribution in [2.45, 2.75) is 39.0 Å². The molecule has 3 nitrogen and oxygen atoms in total. The minimum atomic E-state index is -0.120. The molecular weight excluding hydrogens is 154 g/mol. The van der Waals surface area contributed by atoms with E-state index >= 15 is 0 Å². The van der Waals surface area contributed by atoms with Crippen LogP contribution in [0.4, 0.5) is 0 Å². The number of methoxy groups -OCH3 is 2. The normalized spacial score (nSPS) is 11.5. The molecule has 0 aliphatic rings. The molecule has 0 aliphatic carbocycles. The number of nitrogens with one attached hydrogen (secondary N) is 1.